The molecule has 0 atom stereocenters. The molecule has 0 saturated carbocycles. The number of amides is 2. The van der Waals surface area contributed by atoms with Crippen LogP contribution in [0.5, 0.6) is 0 Å². The van der Waals surface area contributed by atoms with Crippen LogP contribution in [0.4, 0.5) is 11.4 Å². The second kappa shape index (κ2) is 7.15. The van der Waals surface area contributed by atoms with Gasteiger partial charge in [-0.3, -0.25) is 19.6 Å². The Balaban J connectivity index is 1.74. The number of nitrogens with zero attached hydrogens (tertiary/aromatic N) is 2. The monoisotopic (exact) mass is 318 g/mol. The molecule has 1 aromatic carbocycles. The van der Waals surface area contributed by atoms with Crippen molar-refractivity contribution < 1.29 is 9.59 Å². The maximum Gasteiger partial charge on any atom is 0.255 e. The Morgan fingerprint density at radius 3 is 1.62 bits per heavy atom. The molecule has 0 aliphatic heterocycles. The minimum absolute atomic E-state index is 0.306. The van der Waals surface area contributed by atoms with Gasteiger partial charge in [0.25, 0.3) is 11.8 Å². The number of aromatic nitrogens is 2. The average molecular weight is 318 g/mol. The van der Waals surface area contributed by atoms with E-state index in [-0.39, 0.29) is 11.8 Å². The SMILES string of the molecule is O=C(Nc1cccnc1)c1cccc(C(=O)Nc2cccnc2)c1. The normalized spacial score (nSPS) is 10.0. The molecule has 3 aromatic rings. The van der Waals surface area contributed by atoms with Gasteiger partial charge >= 0.3 is 0 Å². The lowest BCUT2D eigenvalue weighted by Crippen LogP contribution is -2.15. The van der Waals surface area contributed by atoms with E-state index in [2.05, 4.69) is 20.6 Å². The highest BCUT2D eigenvalue weighted by atomic mass is 16.2. The summed E-state index contributed by atoms with van der Waals surface area (Å²) in [7, 11) is 0. The van der Waals surface area contributed by atoms with Crippen LogP contribution in [-0.2, 0) is 0 Å². The van der Waals surface area contributed by atoms with E-state index in [1.54, 1.807) is 67.3 Å². The smallest absolute Gasteiger partial charge is 0.255 e. The van der Waals surface area contributed by atoms with Gasteiger partial charge in [-0.15, -0.1) is 0 Å². The zero-order valence-corrected chi connectivity index (χ0v) is 12.6. The molecule has 0 aliphatic rings. The number of rotatable bonds is 4. The van der Waals surface area contributed by atoms with E-state index in [0.717, 1.165) is 0 Å². The third-order valence-electron chi connectivity index (χ3n) is 3.23. The standard InChI is InChI=1S/C18H14N4O2/c23-17(21-15-6-2-8-19-11-15)13-4-1-5-14(10-13)18(24)22-16-7-3-9-20-12-16/h1-12H,(H,21,23)(H,22,24). The molecule has 2 aromatic heterocycles. The highest BCUT2D eigenvalue weighted by Crippen LogP contribution is 2.12. The fourth-order valence-electron chi connectivity index (χ4n) is 2.08. The molecule has 0 radical (unpaired) electrons. The Morgan fingerprint density at radius 1 is 0.708 bits per heavy atom. The fourth-order valence-corrected chi connectivity index (χ4v) is 2.08. The molecular weight excluding hydrogens is 304 g/mol. The Hall–Kier alpha value is -3.54. The largest absolute Gasteiger partial charge is 0.321 e. The average Bonchev–Trinajstić information content (AvgIpc) is 2.63. The van der Waals surface area contributed by atoms with Gasteiger partial charge < -0.3 is 10.6 Å². The third-order valence-corrected chi connectivity index (χ3v) is 3.23. The molecule has 6 nitrogen and oxygen atoms in total. The lowest BCUT2D eigenvalue weighted by Gasteiger charge is -2.07. The van der Waals surface area contributed by atoms with Gasteiger partial charge in [0.1, 0.15) is 0 Å². The summed E-state index contributed by atoms with van der Waals surface area (Å²) in [5.41, 5.74) is 1.95. The molecule has 2 amide bonds. The van der Waals surface area contributed by atoms with Crippen molar-refractivity contribution in [2.45, 2.75) is 0 Å². The highest BCUT2D eigenvalue weighted by Gasteiger charge is 2.11. The van der Waals surface area contributed by atoms with E-state index < -0.39 is 0 Å². The van der Waals surface area contributed by atoms with Gasteiger partial charge in [0.05, 0.1) is 23.8 Å². The predicted molar refractivity (Wildman–Crippen MR) is 90.8 cm³/mol. The van der Waals surface area contributed by atoms with Crippen molar-refractivity contribution in [2.75, 3.05) is 10.6 Å². The van der Waals surface area contributed by atoms with Crippen LogP contribution in [0, 0.1) is 0 Å². The molecule has 0 fully saturated rings. The minimum atomic E-state index is -0.306. The van der Waals surface area contributed by atoms with Gasteiger partial charge in [0, 0.05) is 23.5 Å². The molecule has 0 aliphatic carbocycles. The van der Waals surface area contributed by atoms with Crippen LogP contribution < -0.4 is 10.6 Å². The summed E-state index contributed by atoms with van der Waals surface area (Å²) in [6, 6.07) is 13.4. The highest BCUT2D eigenvalue weighted by molar-refractivity contribution is 6.08. The van der Waals surface area contributed by atoms with Crippen LogP contribution in [0.15, 0.2) is 73.3 Å². The summed E-state index contributed by atoms with van der Waals surface area (Å²) in [5.74, 6) is -0.613. The van der Waals surface area contributed by atoms with E-state index >= 15 is 0 Å². The number of carbonyl (C=O) groups excluding carboxylic acids is 2. The summed E-state index contributed by atoms with van der Waals surface area (Å²) >= 11 is 0. The van der Waals surface area contributed by atoms with Gasteiger partial charge in [0.15, 0.2) is 0 Å². The topological polar surface area (TPSA) is 84.0 Å². The van der Waals surface area contributed by atoms with Crippen molar-refractivity contribution in [1.82, 2.24) is 9.97 Å². The first kappa shape index (κ1) is 15.4. The van der Waals surface area contributed by atoms with Crippen molar-refractivity contribution in [3.8, 4) is 0 Å². The van der Waals surface area contributed by atoms with E-state index in [1.165, 1.54) is 6.07 Å². The van der Waals surface area contributed by atoms with Gasteiger partial charge in [-0.1, -0.05) is 6.07 Å². The minimum Gasteiger partial charge on any atom is -0.321 e. The Bertz CT molecular complexity index is 782. The molecule has 0 spiro atoms. The number of hydrogen-bond donors (Lipinski definition) is 2. The molecule has 118 valence electrons. The lowest BCUT2D eigenvalue weighted by molar-refractivity contribution is 0.102. The molecule has 0 saturated heterocycles. The first-order valence-corrected chi connectivity index (χ1v) is 7.25. The van der Waals surface area contributed by atoms with Crippen molar-refractivity contribution in [3.63, 3.8) is 0 Å². The van der Waals surface area contributed by atoms with Crippen LogP contribution >= 0.6 is 0 Å². The van der Waals surface area contributed by atoms with Gasteiger partial charge in [-0.2, -0.15) is 0 Å². The lowest BCUT2D eigenvalue weighted by atomic mass is 10.1. The number of anilines is 2. The van der Waals surface area contributed by atoms with E-state index in [9.17, 15) is 9.59 Å². The molecule has 3 rings (SSSR count). The molecule has 0 unspecified atom stereocenters. The van der Waals surface area contributed by atoms with Crippen LogP contribution in [0.25, 0.3) is 0 Å². The quantitative estimate of drug-likeness (QED) is 0.774. The third kappa shape index (κ3) is 3.80. The first-order chi connectivity index (χ1) is 11.7. The molecule has 24 heavy (non-hydrogen) atoms. The summed E-state index contributed by atoms with van der Waals surface area (Å²) in [4.78, 5) is 32.4. The van der Waals surface area contributed by atoms with Gasteiger partial charge in [0.2, 0.25) is 0 Å². The molecular formula is C18H14N4O2. The van der Waals surface area contributed by atoms with Crippen LogP contribution in [-0.4, -0.2) is 21.8 Å². The number of hydrogen-bond acceptors (Lipinski definition) is 4. The van der Waals surface area contributed by atoms with Crippen LogP contribution in [0.3, 0.4) is 0 Å². The second-order valence-electron chi connectivity index (χ2n) is 4.97. The fraction of sp³-hybridized carbons (Fsp3) is 0. The van der Waals surface area contributed by atoms with Crippen molar-refractivity contribution >= 4 is 23.2 Å². The van der Waals surface area contributed by atoms with Gasteiger partial charge in [-0.25, -0.2) is 0 Å². The number of nitrogens with one attached hydrogen (secondary N) is 2. The van der Waals surface area contributed by atoms with E-state index in [4.69, 9.17) is 0 Å². The van der Waals surface area contributed by atoms with Crippen molar-refractivity contribution in [2.24, 2.45) is 0 Å². The van der Waals surface area contributed by atoms with Crippen LogP contribution in [0.2, 0.25) is 0 Å². The maximum atomic E-state index is 12.3. The molecule has 6 heteroatoms. The molecule has 2 N–H and O–H groups in total. The summed E-state index contributed by atoms with van der Waals surface area (Å²) in [6.45, 7) is 0. The molecule has 2 heterocycles. The predicted octanol–water partition coefficient (Wildman–Crippen LogP) is 2.98. The second-order valence-corrected chi connectivity index (χ2v) is 4.97. The summed E-state index contributed by atoms with van der Waals surface area (Å²) < 4.78 is 0. The maximum absolute atomic E-state index is 12.3. The Labute approximate surface area is 138 Å². The Kier molecular flexibility index (Phi) is 4.57. The first-order valence-electron chi connectivity index (χ1n) is 7.25. The Morgan fingerprint density at radius 2 is 1.21 bits per heavy atom. The zero-order valence-electron chi connectivity index (χ0n) is 12.6. The van der Waals surface area contributed by atoms with Crippen molar-refractivity contribution in [1.29, 1.82) is 0 Å². The van der Waals surface area contributed by atoms with E-state index in [1.807, 2.05) is 0 Å². The number of carbonyl (C=O) groups is 2. The van der Waals surface area contributed by atoms with Crippen LogP contribution in [0.1, 0.15) is 20.7 Å². The number of pyridine rings is 2. The summed E-state index contributed by atoms with van der Waals surface area (Å²) in [5, 5.41) is 5.46. The van der Waals surface area contributed by atoms with Crippen molar-refractivity contribution in [3.05, 3.63) is 84.4 Å². The zero-order chi connectivity index (χ0) is 16.8. The van der Waals surface area contributed by atoms with Gasteiger partial charge in [-0.05, 0) is 42.5 Å². The molecule has 0 bridgehead atoms. The van der Waals surface area contributed by atoms with E-state index in [0.29, 0.717) is 22.5 Å². The number of benzene rings is 1. The summed E-state index contributed by atoms with van der Waals surface area (Å²) in [6.07, 6.45) is 6.35.